The van der Waals surface area contributed by atoms with E-state index in [0.29, 0.717) is 26.5 Å². The minimum absolute atomic E-state index is 0.00655. The van der Waals surface area contributed by atoms with Gasteiger partial charge in [-0.15, -0.1) is 11.3 Å². The van der Waals surface area contributed by atoms with E-state index in [1.807, 2.05) is 6.07 Å². The molecule has 0 spiro atoms. The van der Waals surface area contributed by atoms with Crippen LogP contribution in [0.4, 0.5) is 0 Å². The molecule has 3 aromatic heterocycles. The molecule has 2 N–H and O–H groups in total. The second-order valence-electron chi connectivity index (χ2n) is 6.32. The van der Waals surface area contributed by atoms with Crippen molar-refractivity contribution in [1.29, 1.82) is 10.5 Å². The standard InChI is InChI=1S/C20H14N4O3S/c1-10-3-5-12(26-10)7-16-19(25)24-18(23)13(8-21)17(14(9-22)20(24)28-16)15-6-4-11(2)27-15/h3-7,17H,23H2,1-2H3/b16-7-/t17-/m1/s1. The Bertz CT molecular complexity index is 1400. The van der Waals surface area contributed by atoms with Crippen molar-refractivity contribution in [2.45, 2.75) is 19.8 Å². The van der Waals surface area contributed by atoms with Gasteiger partial charge in [-0.25, -0.2) is 0 Å². The summed E-state index contributed by atoms with van der Waals surface area (Å²) in [5.41, 5.74) is 6.15. The van der Waals surface area contributed by atoms with Crippen molar-refractivity contribution >= 4 is 28.8 Å². The third kappa shape index (κ3) is 2.59. The maximum absolute atomic E-state index is 12.9. The van der Waals surface area contributed by atoms with Crippen LogP contribution in [0.25, 0.3) is 17.5 Å². The molecule has 0 amide bonds. The third-order valence-corrected chi connectivity index (χ3v) is 5.58. The Balaban J connectivity index is 2.07. The number of nitrogens with two attached hydrogens (primary N) is 1. The van der Waals surface area contributed by atoms with Crippen molar-refractivity contribution in [1.82, 2.24) is 4.57 Å². The Hall–Kier alpha value is -3.75. The van der Waals surface area contributed by atoms with E-state index in [0.717, 1.165) is 17.1 Å². The van der Waals surface area contributed by atoms with E-state index in [1.54, 1.807) is 44.2 Å². The van der Waals surface area contributed by atoms with E-state index in [1.165, 1.54) is 4.57 Å². The van der Waals surface area contributed by atoms with Gasteiger partial charge in [0.05, 0.1) is 33.7 Å². The van der Waals surface area contributed by atoms with E-state index < -0.39 is 11.5 Å². The molecule has 3 aromatic rings. The molecule has 4 rings (SSSR count). The van der Waals surface area contributed by atoms with Crippen molar-refractivity contribution in [3.63, 3.8) is 0 Å². The number of furan rings is 2. The quantitative estimate of drug-likeness (QED) is 0.710. The number of thiazole rings is 1. The molecule has 0 saturated heterocycles. The summed E-state index contributed by atoms with van der Waals surface area (Å²) in [5.74, 6) is 1.59. The minimum atomic E-state index is -0.750. The van der Waals surface area contributed by atoms with Gasteiger partial charge in [-0.05, 0) is 38.1 Å². The summed E-state index contributed by atoms with van der Waals surface area (Å²) in [6.07, 6.45) is 1.60. The van der Waals surface area contributed by atoms with Gasteiger partial charge < -0.3 is 14.6 Å². The number of aromatic nitrogens is 1. The van der Waals surface area contributed by atoms with Crippen molar-refractivity contribution in [3.05, 3.63) is 72.4 Å². The highest BCUT2D eigenvalue weighted by molar-refractivity contribution is 7.07. The average Bonchev–Trinajstić information content (AvgIpc) is 3.35. The molecule has 4 heterocycles. The number of hydrogen-bond donors (Lipinski definition) is 1. The Labute approximate surface area is 163 Å². The van der Waals surface area contributed by atoms with Crippen LogP contribution in [0, 0.1) is 36.5 Å². The van der Waals surface area contributed by atoms with Gasteiger partial charge in [-0.2, -0.15) is 10.5 Å². The van der Waals surface area contributed by atoms with Gasteiger partial charge in [-0.1, -0.05) is 0 Å². The van der Waals surface area contributed by atoms with Gasteiger partial charge in [-0.3, -0.25) is 9.36 Å². The van der Waals surface area contributed by atoms with Crippen molar-refractivity contribution in [2.75, 3.05) is 0 Å². The zero-order chi connectivity index (χ0) is 20.0. The second kappa shape index (κ2) is 6.45. The molecule has 0 fully saturated rings. The number of allylic oxidation sites excluding steroid dienone is 1. The van der Waals surface area contributed by atoms with Crippen LogP contribution in [0.5, 0.6) is 0 Å². The lowest BCUT2D eigenvalue weighted by molar-refractivity contribution is 0.482. The molecule has 0 bridgehead atoms. The van der Waals surface area contributed by atoms with E-state index in [9.17, 15) is 15.3 Å². The van der Waals surface area contributed by atoms with Crippen molar-refractivity contribution in [2.24, 2.45) is 5.73 Å². The van der Waals surface area contributed by atoms with Crippen molar-refractivity contribution < 1.29 is 8.83 Å². The highest BCUT2D eigenvalue weighted by atomic mass is 32.1. The Morgan fingerprint density at radius 2 is 1.79 bits per heavy atom. The molecule has 8 heteroatoms. The topological polar surface area (TPSA) is 122 Å². The van der Waals surface area contributed by atoms with Crippen LogP contribution in [0.15, 0.2) is 43.5 Å². The van der Waals surface area contributed by atoms with Gasteiger partial charge in [0.25, 0.3) is 5.56 Å². The summed E-state index contributed by atoms with van der Waals surface area (Å²) in [6.45, 7) is 3.58. The zero-order valence-electron chi connectivity index (χ0n) is 15.0. The molecule has 0 aliphatic carbocycles. The average molecular weight is 390 g/mol. The van der Waals surface area contributed by atoms with E-state index in [2.05, 4.69) is 6.07 Å². The number of aryl methyl sites for hydroxylation is 2. The van der Waals surface area contributed by atoms with Gasteiger partial charge in [0, 0.05) is 6.08 Å². The molecule has 0 unspecified atom stereocenters. The number of hydrogen-bond acceptors (Lipinski definition) is 7. The lowest BCUT2D eigenvalue weighted by Crippen LogP contribution is -2.38. The lowest BCUT2D eigenvalue weighted by atomic mass is 9.88. The summed E-state index contributed by atoms with van der Waals surface area (Å²) in [4.78, 5) is 12.9. The molecule has 138 valence electrons. The fraction of sp³-hybridized carbons (Fsp3) is 0.150. The summed E-state index contributed by atoms with van der Waals surface area (Å²) in [7, 11) is 0. The van der Waals surface area contributed by atoms with Gasteiger partial charge in [0.2, 0.25) is 0 Å². The van der Waals surface area contributed by atoms with Crippen LogP contribution in [-0.4, -0.2) is 4.57 Å². The molecule has 1 aliphatic heterocycles. The van der Waals surface area contributed by atoms with Crippen LogP contribution in [-0.2, 0) is 0 Å². The van der Waals surface area contributed by atoms with Crippen LogP contribution in [0.1, 0.15) is 29.0 Å². The van der Waals surface area contributed by atoms with E-state index >= 15 is 0 Å². The Morgan fingerprint density at radius 3 is 2.36 bits per heavy atom. The molecule has 0 radical (unpaired) electrons. The Kier molecular flexibility index (Phi) is 4.07. The molecule has 7 nitrogen and oxygen atoms in total. The molecular weight excluding hydrogens is 376 g/mol. The minimum Gasteiger partial charge on any atom is -0.465 e. The molecule has 0 saturated carbocycles. The van der Waals surface area contributed by atoms with Crippen molar-refractivity contribution in [3.8, 4) is 12.1 Å². The summed E-state index contributed by atoms with van der Waals surface area (Å²) in [6, 6.07) is 11.2. The highest BCUT2D eigenvalue weighted by Crippen LogP contribution is 2.36. The molecule has 1 atom stereocenters. The number of fused-ring (bicyclic) bond motifs is 1. The first kappa shape index (κ1) is 17.7. The molecule has 0 aromatic carbocycles. The largest absolute Gasteiger partial charge is 0.465 e. The van der Waals surface area contributed by atoms with Gasteiger partial charge >= 0.3 is 0 Å². The number of rotatable bonds is 2. The van der Waals surface area contributed by atoms with Crippen LogP contribution >= 0.6 is 11.3 Å². The summed E-state index contributed by atoms with van der Waals surface area (Å²) < 4.78 is 13.1. The fourth-order valence-corrected chi connectivity index (χ4v) is 4.31. The molecule has 28 heavy (non-hydrogen) atoms. The smallest absolute Gasteiger partial charge is 0.274 e. The maximum Gasteiger partial charge on any atom is 0.274 e. The SMILES string of the molecule is Cc1ccc(/C=c2\sc3n(c2=O)C(N)=C(C#N)[C@@H](c2ccc(C)o2)C=3C#N)o1. The van der Waals surface area contributed by atoms with Crippen LogP contribution in [0.2, 0.25) is 0 Å². The van der Waals surface area contributed by atoms with E-state index in [-0.39, 0.29) is 17.0 Å². The summed E-state index contributed by atoms with van der Waals surface area (Å²) >= 11 is 1.13. The predicted octanol–water partition coefficient (Wildman–Crippen LogP) is 1.66. The van der Waals surface area contributed by atoms with Crippen LogP contribution < -0.4 is 20.5 Å². The monoisotopic (exact) mass is 390 g/mol. The molecule has 1 aliphatic rings. The third-order valence-electron chi connectivity index (χ3n) is 4.47. The fourth-order valence-electron chi connectivity index (χ4n) is 3.20. The normalized spacial score (nSPS) is 16.8. The van der Waals surface area contributed by atoms with Gasteiger partial charge in [0.15, 0.2) is 0 Å². The molecular formula is C20H14N4O3S. The second-order valence-corrected chi connectivity index (χ2v) is 7.35. The Morgan fingerprint density at radius 1 is 1.11 bits per heavy atom. The highest BCUT2D eigenvalue weighted by Gasteiger charge is 2.34. The number of nitriles is 2. The number of nitrogens with zero attached hydrogens (tertiary/aromatic N) is 3. The van der Waals surface area contributed by atoms with E-state index in [4.69, 9.17) is 14.6 Å². The predicted molar refractivity (Wildman–Crippen MR) is 103 cm³/mol. The first-order valence-corrected chi connectivity index (χ1v) is 9.17. The lowest BCUT2D eigenvalue weighted by Gasteiger charge is -2.20. The first-order valence-electron chi connectivity index (χ1n) is 8.35. The zero-order valence-corrected chi connectivity index (χ0v) is 15.8. The van der Waals surface area contributed by atoms with Gasteiger partial charge in [0.1, 0.15) is 33.5 Å². The first-order chi connectivity index (χ1) is 13.4. The summed E-state index contributed by atoms with van der Waals surface area (Å²) in [5, 5.41) is 19.5. The maximum atomic E-state index is 12.9. The van der Waals surface area contributed by atoms with Crippen LogP contribution in [0.3, 0.4) is 0 Å².